The van der Waals surface area contributed by atoms with Crippen LogP contribution in [0.15, 0.2) is 64.2 Å². The van der Waals surface area contributed by atoms with Gasteiger partial charge in [-0.1, -0.05) is 35.5 Å². The maximum absolute atomic E-state index is 13.6. The molecular weight excluding hydrogens is 307 g/mol. The molecule has 2 aromatic carbocycles. The van der Waals surface area contributed by atoms with Crippen LogP contribution in [-0.2, 0) is 4.84 Å². The maximum atomic E-state index is 13.6. The molecule has 0 saturated heterocycles. The Bertz CT molecular complexity index is 889. The highest BCUT2D eigenvalue weighted by atomic mass is 19.1. The van der Waals surface area contributed by atoms with Gasteiger partial charge in [-0.15, -0.1) is 0 Å². The first-order chi connectivity index (χ1) is 11.6. The average molecular weight is 326 g/mol. The molecule has 0 saturated carbocycles. The smallest absolute Gasteiger partial charge is 0.137 e. The third kappa shape index (κ3) is 3.81. The van der Waals surface area contributed by atoms with Gasteiger partial charge in [0, 0.05) is 23.6 Å². The molecule has 1 heterocycles. The van der Waals surface area contributed by atoms with Gasteiger partial charge in [0.05, 0.1) is 0 Å². The molecule has 0 radical (unpaired) electrons. The topological polar surface area (TPSA) is 38.0 Å². The van der Waals surface area contributed by atoms with Crippen LogP contribution in [0, 0.1) is 5.82 Å². The quantitative estimate of drug-likeness (QED) is 0.531. The molecule has 0 bridgehead atoms. The molecule has 4 nitrogen and oxygen atoms in total. The van der Waals surface area contributed by atoms with Crippen LogP contribution in [0.1, 0.15) is 0 Å². The van der Waals surface area contributed by atoms with Crippen molar-refractivity contribution in [2.45, 2.75) is 0 Å². The van der Waals surface area contributed by atoms with Crippen molar-refractivity contribution in [2.75, 3.05) is 27.2 Å². The number of fused-ring (bicyclic) bond motifs is 1. The van der Waals surface area contributed by atoms with Crippen molar-refractivity contribution < 1.29 is 13.6 Å². The summed E-state index contributed by atoms with van der Waals surface area (Å²) in [4.78, 5) is 7.39. The van der Waals surface area contributed by atoms with Crippen molar-refractivity contribution in [2.24, 2.45) is 5.16 Å². The number of nitrogens with zero attached hydrogens (tertiary/aromatic N) is 2. The fraction of sp³-hybridized carbons (Fsp3) is 0.211. The van der Waals surface area contributed by atoms with Crippen LogP contribution in [0.5, 0.6) is 0 Å². The first-order valence-corrected chi connectivity index (χ1v) is 7.73. The summed E-state index contributed by atoms with van der Waals surface area (Å²) in [7, 11) is 3.92. The van der Waals surface area contributed by atoms with E-state index in [4.69, 9.17) is 9.25 Å². The van der Waals surface area contributed by atoms with Crippen molar-refractivity contribution in [1.82, 2.24) is 4.90 Å². The molecule has 3 rings (SSSR count). The minimum Gasteiger partial charge on any atom is -0.456 e. The fourth-order valence-corrected chi connectivity index (χ4v) is 2.30. The van der Waals surface area contributed by atoms with Gasteiger partial charge >= 0.3 is 0 Å². The minimum atomic E-state index is -0.338. The van der Waals surface area contributed by atoms with Crippen molar-refractivity contribution in [3.05, 3.63) is 65.8 Å². The molecule has 1 aromatic heterocycles. The number of hydrogen-bond donors (Lipinski definition) is 0. The van der Waals surface area contributed by atoms with Gasteiger partial charge in [-0.05, 0) is 32.3 Å². The monoisotopic (exact) mass is 326 g/mol. The van der Waals surface area contributed by atoms with Gasteiger partial charge < -0.3 is 14.2 Å². The molecule has 0 aliphatic rings. The predicted molar refractivity (Wildman–Crippen MR) is 91.7 cm³/mol. The Morgan fingerprint density at radius 3 is 2.62 bits per heavy atom. The zero-order valence-corrected chi connectivity index (χ0v) is 13.7. The Morgan fingerprint density at radius 1 is 1.08 bits per heavy atom. The molecule has 124 valence electrons. The number of hydrogen-bond acceptors (Lipinski definition) is 4. The van der Waals surface area contributed by atoms with E-state index in [1.807, 2.05) is 49.3 Å². The lowest BCUT2D eigenvalue weighted by atomic mass is 10.1. The first kappa shape index (κ1) is 16.2. The van der Waals surface area contributed by atoms with E-state index >= 15 is 0 Å². The molecule has 0 fully saturated rings. The molecule has 0 aliphatic carbocycles. The fourth-order valence-electron chi connectivity index (χ4n) is 2.30. The van der Waals surface area contributed by atoms with E-state index in [0.717, 1.165) is 12.1 Å². The minimum absolute atomic E-state index is 0.338. The van der Waals surface area contributed by atoms with Gasteiger partial charge in [0.15, 0.2) is 0 Å². The summed E-state index contributed by atoms with van der Waals surface area (Å²) < 4.78 is 19.5. The van der Waals surface area contributed by atoms with E-state index in [0.29, 0.717) is 28.7 Å². The molecule has 0 unspecified atom stereocenters. The summed E-state index contributed by atoms with van der Waals surface area (Å²) in [5.74, 6) is 0.319. The third-order valence-electron chi connectivity index (χ3n) is 3.56. The summed E-state index contributed by atoms with van der Waals surface area (Å²) in [6.07, 6.45) is 0. The zero-order chi connectivity index (χ0) is 16.9. The highest BCUT2D eigenvalue weighted by molar-refractivity contribution is 5.78. The normalized spacial score (nSPS) is 12.1. The van der Waals surface area contributed by atoms with Gasteiger partial charge in [-0.25, -0.2) is 4.39 Å². The number of benzene rings is 2. The van der Waals surface area contributed by atoms with Crippen LogP contribution in [0.25, 0.3) is 22.3 Å². The largest absolute Gasteiger partial charge is 0.456 e. The van der Waals surface area contributed by atoms with Gasteiger partial charge in [0.1, 0.15) is 29.1 Å². The molecule has 0 aliphatic heterocycles. The van der Waals surface area contributed by atoms with Crippen molar-refractivity contribution >= 4 is 11.0 Å². The summed E-state index contributed by atoms with van der Waals surface area (Å²) in [6, 6.07) is 15.9. The van der Waals surface area contributed by atoms with Gasteiger partial charge in [0.2, 0.25) is 0 Å². The summed E-state index contributed by atoms with van der Waals surface area (Å²) in [5, 5.41) is 5.31. The Hall–Kier alpha value is -2.66. The Labute approximate surface area is 139 Å². The SMILES string of the molecule is CN(C)CCO/N=c1\cc(-c2ccccc2)oc2ccc(F)cc12. The van der Waals surface area contributed by atoms with Gasteiger partial charge in [-0.2, -0.15) is 0 Å². The second-order valence-electron chi connectivity index (χ2n) is 5.73. The first-order valence-electron chi connectivity index (χ1n) is 7.73. The zero-order valence-electron chi connectivity index (χ0n) is 13.7. The Balaban J connectivity index is 2.07. The van der Waals surface area contributed by atoms with E-state index < -0.39 is 0 Å². The van der Waals surface area contributed by atoms with Crippen LogP contribution >= 0.6 is 0 Å². The summed E-state index contributed by atoms with van der Waals surface area (Å²) in [6.45, 7) is 1.20. The molecule has 0 spiro atoms. The van der Waals surface area contributed by atoms with Crippen molar-refractivity contribution in [3.63, 3.8) is 0 Å². The molecule has 5 heteroatoms. The molecule has 0 N–H and O–H groups in total. The molecule has 24 heavy (non-hydrogen) atoms. The Kier molecular flexibility index (Phi) is 4.91. The van der Waals surface area contributed by atoms with E-state index in [1.54, 1.807) is 12.1 Å². The van der Waals surface area contributed by atoms with Crippen LogP contribution < -0.4 is 5.36 Å². The lowest BCUT2D eigenvalue weighted by molar-refractivity contribution is 0.117. The third-order valence-corrected chi connectivity index (χ3v) is 3.56. The highest BCUT2D eigenvalue weighted by Gasteiger charge is 2.07. The van der Waals surface area contributed by atoms with E-state index in [-0.39, 0.29) is 5.82 Å². The average Bonchev–Trinajstić information content (AvgIpc) is 2.59. The van der Waals surface area contributed by atoms with Crippen molar-refractivity contribution in [1.29, 1.82) is 0 Å². The van der Waals surface area contributed by atoms with Crippen molar-refractivity contribution in [3.8, 4) is 11.3 Å². The second kappa shape index (κ2) is 7.27. The molecule has 3 aromatic rings. The van der Waals surface area contributed by atoms with Crippen LogP contribution in [0.4, 0.5) is 4.39 Å². The van der Waals surface area contributed by atoms with Gasteiger partial charge in [0.25, 0.3) is 0 Å². The van der Waals surface area contributed by atoms with Crippen LogP contribution in [0.3, 0.4) is 0 Å². The highest BCUT2D eigenvalue weighted by Crippen LogP contribution is 2.22. The molecular formula is C19H19FN2O2. The predicted octanol–water partition coefficient (Wildman–Crippen LogP) is 3.63. The van der Waals surface area contributed by atoms with Gasteiger partial charge in [-0.3, -0.25) is 0 Å². The van der Waals surface area contributed by atoms with E-state index in [1.165, 1.54) is 12.1 Å². The lowest BCUT2D eigenvalue weighted by Gasteiger charge is -2.08. The number of rotatable bonds is 5. The van der Waals surface area contributed by atoms with Crippen LogP contribution in [0.2, 0.25) is 0 Å². The standard InChI is InChI=1S/C19H19FN2O2/c1-22(2)10-11-23-21-17-13-19(14-6-4-3-5-7-14)24-18-9-8-15(20)12-16(17)18/h3-9,12-13H,10-11H2,1-2H3/b21-17+. The van der Waals surface area contributed by atoms with E-state index in [2.05, 4.69) is 5.16 Å². The Morgan fingerprint density at radius 2 is 1.88 bits per heavy atom. The van der Waals surface area contributed by atoms with Crippen LogP contribution in [-0.4, -0.2) is 32.1 Å². The molecule has 0 atom stereocenters. The molecule has 0 amide bonds. The summed E-state index contributed by atoms with van der Waals surface area (Å²) in [5.41, 5.74) is 1.49. The number of likely N-dealkylation sites (N-methyl/N-ethyl adjacent to an activating group) is 1. The lowest BCUT2D eigenvalue weighted by Crippen LogP contribution is -2.17. The number of halogens is 1. The second-order valence-corrected chi connectivity index (χ2v) is 5.73. The maximum Gasteiger partial charge on any atom is 0.137 e. The summed E-state index contributed by atoms with van der Waals surface area (Å²) >= 11 is 0. The van der Waals surface area contributed by atoms with E-state index in [9.17, 15) is 4.39 Å².